The Morgan fingerprint density at radius 3 is 2.28 bits per heavy atom. The summed E-state index contributed by atoms with van der Waals surface area (Å²) in [5, 5.41) is 0. The number of rotatable bonds is 4. The third kappa shape index (κ3) is 3.52. The van der Waals surface area contributed by atoms with Gasteiger partial charge >= 0.3 is 0 Å². The molecule has 3 heteroatoms. The second-order valence-corrected chi connectivity index (χ2v) is 7.39. The maximum absolute atomic E-state index is 3.51. The average molecular weight is 392 g/mol. The number of fused-ring (bicyclic) bond motifs is 1. The molecule has 3 aromatic carbocycles. The van der Waals surface area contributed by atoms with Crippen LogP contribution < -0.4 is 4.57 Å². The number of hydrogen-bond donors (Lipinski definition) is 0. The van der Waals surface area contributed by atoms with Crippen molar-refractivity contribution in [1.82, 2.24) is 4.57 Å². The first kappa shape index (κ1) is 16.1. The van der Waals surface area contributed by atoms with Crippen LogP contribution in [0.25, 0.3) is 11.0 Å². The lowest BCUT2D eigenvalue weighted by Crippen LogP contribution is -2.32. The molecule has 0 aliphatic rings. The molecule has 0 atom stereocenters. The maximum atomic E-state index is 3.51. The van der Waals surface area contributed by atoms with Crippen LogP contribution in [0, 0.1) is 6.92 Å². The van der Waals surface area contributed by atoms with Crippen LogP contribution in [-0.2, 0) is 13.1 Å². The standard InChI is InChI=1S/C22H20BrN2/c1-17-6-8-18(9-7-17)14-24-16-25(22-5-3-2-4-21(22)24)15-19-10-12-20(23)13-11-19/h2-13,16H,14-15H2,1H3/q+1. The van der Waals surface area contributed by atoms with Gasteiger partial charge in [0.15, 0.2) is 11.0 Å². The fraction of sp³-hybridized carbons (Fsp3) is 0.136. The summed E-state index contributed by atoms with van der Waals surface area (Å²) in [6.45, 7) is 3.88. The molecular formula is C22H20BrN2+. The van der Waals surface area contributed by atoms with Crippen molar-refractivity contribution in [3.05, 3.63) is 100 Å². The Labute approximate surface area is 156 Å². The molecule has 0 N–H and O–H groups in total. The van der Waals surface area contributed by atoms with Gasteiger partial charge in [-0.05, 0) is 42.3 Å². The van der Waals surface area contributed by atoms with Gasteiger partial charge in [0, 0.05) is 4.47 Å². The van der Waals surface area contributed by atoms with E-state index in [4.69, 9.17) is 0 Å². The summed E-state index contributed by atoms with van der Waals surface area (Å²) < 4.78 is 5.77. The van der Waals surface area contributed by atoms with Crippen molar-refractivity contribution in [2.24, 2.45) is 0 Å². The van der Waals surface area contributed by atoms with Gasteiger partial charge < -0.3 is 0 Å². The van der Waals surface area contributed by atoms with E-state index in [0.717, 1.165) is 17.6 Å². The highest BCUT2D eigenvalue weighted by molar-refractivity contribution is 9.10. The molecule has 0 amide bonds. The lowest BCUT2D eigenvalue weighted by atomic mass is 10.1. The third-order valence-corrected chi connectivity index (χ3v) is 5.05. The molecular weight excluding hydrogens is 372 g/mol. The molecule has 2 nitrogen and oxygen atoms in total. The number of aromatic nitrogens is 2. The molecule has 0 unspecified atom stereocenters. The van der Waals surface area contributed by atoms with Gasteiger partial charge in [0.25, 0.3) is 0 Å². The minimum Gasteiger partial charge on any atom is -0.226 e. The number of aryl methyl sites for hydroxylation is 1. The van der Waals surface area contributed by atoms with Crippen LogP contribution in [-0.4, -0.2) is 4.57 Å². The highest BCUT2D eigenvalue weighted by Gasteiger charge is 2.15. The topological polar surface area (TPSA) is 8.81 Å². The molecule has 0 aliphatic carbocycles. The van der Waals surface area contributed by atoms with Crippen LogP contribution in [0.3, 0.4) is 0 Å². The molecule has 4 rings (SSSR count). The van der Waals surface area contributed by atoms with Crippen molar-refractivity contribution in [2.45, 2.75) is 20.0 Å². The zero-order valence-electron chi connectivity index (χ0n) is 14.2. The largest absolute Gasteiger partial charge is 0.245 e. The summed E-state index contributed by atoms with van der Waals surface area (Å²) in [4.78, 5) is 0. The van der Waals surface area contributed by atoms with E-state index in [-0.39, 0.29) is 0 Å². The highest BCUT2D eigenvalue weighted by atomic mass is 79.9. The second kappa shape index (κ2) is 6.85. The Balaban J connectivity index is 1.70. The first-order valence-electron chi connectivity index (χ1n) is 8.46. The maximum Gasteiger partial charge on any atom is 0.245 e. The van der Waals surface area contributed by atoms with Crippen molar-refractivity contribution in [3.8, 4) is 0 Å². The molecule has 124 valence electrons. The minimum absolute atomic E-state index is 0.870. The number of imidazole rings is 1. The van der Waals surface area contributed by atoms with Gasteiger partial charge in [0.1, 0.15) is 13.1 Å². The summed E-state index contributed by atoms with van der Waals surface area (Å²) in [7, 11) is 0. The Morgan fingerprint density at radius 1 is 0.840 bits per heavy atom. The summed E-state index contributed by atoms with van der Waals surface area (Å²) >= 11 is 3.51. The highest BCUT2D eigenvalue weighted by Crippen LogP contribution is 2.15. The SMILES string of the molecule is Cc1ccc(Cn2c[n+](Cc3ccc(Br)cc3)c3ccccc32)cc1. The van der Waals surface area contributed by atoms with Crippen LogP contribution in [0.5, 0.6) is 0 Å². The average Bonchev–Trinajstić information content (AvgIpc) is 2.97. The Hall–Kier alpha value is -2.39. The quantitative estimate of drug-likeness (QED) is 0.428. The molecule has 0 fully saturated rings. The zero-order chi connectivity index (χ0) is 17.2. The predicted molar refractivity (Wildman–Crippen MR) is 106 cm³/mol. The van der Waals surface area contributed by atoms with E-state index in [1.54, 1.807) is 0 Å². The first-order chi connectivity index (χ1) is 12.2. The number of hydrogen-bond acceptors (Lipinski definition) is 0. The van der Waals surface area contributed by atoms with Crippen LogP contribution in [0.4, 0.5) is 0 Å². The fourth-order valence-electron chi connectivity index (χ4n) is 3.17. The molecule has 1 aromatic heterocycles. The monoisotopic (exact) mass is 391 g/mol. The van der Waals surface area contributed by atoms with E-state index in [9.17, 15) is 0 Å². The lowest BCUT2D eigenvalue weighted by molar-refractivity contribution is -0.663. The second-order valence-electron chi connectivity index (χ2n) is 6.47. The number of halogens is 1. The Morgan fingerprint density at radius 2 is 1.52 bits per heavy atom. The van der Waals surface area contributed by atoms with Gasteiger partial charge in [0.05, 0.1) is 0 Å². The first-order valence-corrected chi connectivity index (χ1v) is 9.26. The van der Waals surface area contributed by atoms with Crippen molar-refractivity contribution < 1.29 is 4.57 Å². The van der Waals surface area contributed by atoms with Crippen LogP contribution in [0.2, 0.25) is 0 Å². The molecule has 0 saturated heterocycles. The van der Waals surface area contributed by atoms with E-state index >= 15 is 0 Å². The Bertz CT molecular complexity index is 917. The van der Waals surface area contributed by atoms with Gasteiger partial charge in [-0.2, -0.15) is 0 Å². The van der Waals surface area contributed by atoms with Crippen LogP contribution in [0.15, 0.2) is 83.6 Å². The molecule has 0 saturated carbocycles. The van der Waals surface area contributed by atoms with Gasteiger partial charge in [0.2, 0.25) is 6.33 Å². The van der Waals surface area contributed by atoms with Gasteiger partial charge in [-0.3, -0.25) is 0 Å². The van der Waals surface area contributed by atoms with Crippen molar-refractivity contribution in [3.63, 3.8) is 0 Å². The van der Waals surface area contributed by atoms with Crippen LogP contribution in [0.1, 0.15) is 16.7 Å². The summed E-state index contributed by atoms with van der Waals surface area (Å²) in [5.74, 6) is 0. The van der Waals surface area contributed by atoms with Crippen molar-refractivity contribution in [1.29, 1.82) is 0 Å². The molecule has 1 heterocycles. The van der Waals surface area contributed by atoms with E-state index in [2.05, 4.69) is 111 Å². The lowest BCUT2D eigenvalue weighted by Gasteiger charge is -2.00. The fourth-order valence-corrected chi connectivity index (χ4v) is 3.44. The number of para-hydroxylation sites is 2. The molecule has 25 heavy (non-hydrogen) atoms. The minimum atomic E-state index is 0.870. The summed E-state index contributed by atoms with van der Waals surface area (Å²) in [6, 6.07) is 25.9. The van der Waals surface area contributed by atoms with E-state index < -0.39 is 0 Å². The normalized spacial score (nSPS) is 11.1. The van der Waals surface area contributed by atoms with Gasteiger partial charge in [-0.15, -0.1) is 0 Å². The van der Waals surface area contributed by atoms with E-state index in [1.807, 2.05) is 0 Å². The number of nitrogens with zero attached hydrogens (tertiary/aromatic N) is 2. The van der Waals surface area contributed by atoms with Gasteiger partial charge in [-0.25, -0.2) is 9.13 Å². The molecule has 0 aliphatic heterocycles. The van der Waals surface area contributed by atoms with Crippen molar-refractivity contribution in [2.75, 3.05) is 0 Å². The Kier molecular flexibility index (Phi) is 4.41. The van der Waals surface area contributed by atoms with E-state index in [1.165, 1.54) is 27.7 Å². The van der Waals surface area contributed by atoms with Gasteiger partial charge in [-0.1, -0.05) is 70.0 Å². The molecule has 0 radical (unpaired) electrons. The van der Waals surface area contributed by atoms with Crippen molar-refractivity contribution >= 4 is 27.0 Å². The third-order valence-electron chi connectivity index (χ3n) is 4.52. The molecule has 0 spiro atoms. The zero-order valence-corrected chi connectivity index (χ0v) is 15.8. The molecule has 4 aromatic rings. The smallest absolute Gasteiger partial charge is 0.226 e. The molecule has 0 bridgehead atoms. The van der Waals surface area contributed by atoms with Crippen LogP contribution >= 0.6 is 15.9 Å². The number of benzene rings is 3. The summed E-state index contributed by atoms with van der Waals surface area (Å²) in [5.41, 5.74) is 6.44. The predicted octanol–water partition coefficient (Wildman–Crippen LogP) is 5.10. The van der Waals surface area contributed by atoms with E-state index in [0.29, 0.717) is 0 Å². The summed E-state index contributed by atoms with van der Waals surface area (Å²) in [6.07, 6.45) is 2.23.